The summed E-state index contributed by atoms with van der Waals surface area (Å²) in [5.74, 6) is -0.253. The Balaban J connectivity index is 2.24. The number of ether oxygens (including phenoxy) is 1. The van der Waals surface area contributed by atoms with Gasteiger partial charge in [0.1, 0.15) is 0 Å². The van der Waals surface area contributed by atoms with Gasteiger partial charge in [-0.15, -0.1) is 0 Å². The summed E-state index contributed by atoms with van der Waals surface area (Å²) in [5, 5.41) is 4.86. The monoisotopic (exact) mass is 339 g/mol. The van der Waals surface area contributed by atoms with Gasteiger partial charge in [-0.1, -0.05) is 15.9 Å². The molecule has 0 spiro atoms. The van der Waals surface area contributed by atoms with Gasteiger partial charge in [0, 0.05) is 4.47 Å². The Bertz CT molecular complexity index is 493. The van der Waals surface area contributed by atoms with Crippen molar-refractivity contribution >= 4 is 26.0 Å². The van der Waals surface area contributed by atoms with Crippen LogP contribution in [0.15, 0.2) is 22.7 Å². The van der Waals surface area contributed by atoms with Gasteiger partial charge in [0.2, 0.25) is 10.0 Å². The molecule has 0 unspecified atom stereocenters. The van der Waals surface area contributed by atoms with Gasteiger partial charge in [-0.05, 0) is 37.5 Å². The normalized spacial score (nSPS) is 11.5. The third-order valence-electron chi connectivity index (χ3n) is 2.22. The van der Waals surface area contributed by atoms with Crippen molar-refractivity contribution in [1.29, 1.82) is 0 Å². The maximum Gasteiger partial charge on any atom is 0.209 e. The summed E-state index contributed by atoms with van der Waals surface area (Å²) in [6, 6.07) is 4.47. The zero-order chi connectivity index (χ0) is 13.6. The molecule has 7 heteroatoms. The van der Waals surface area contributed by atoms with Crippen LogP contribution in [0.4, 0.5) is 4.39 Å². The number of hydrogen-bond donors (Lipinski definition) is 1. The predicted molar refractivity (Wildman–Crippen MR) is 71.4 cm³/mol. The van der Waals surface area contributed by atoms with Crippen LogP contribution in [0.25, 0.3) is 0 Å². The summed E-state index contributed by atoms with van der Waals surface area (Å²) in [6.07, 6.45) is 1.82. The van der Waals surface area contributed by atoms with E-state index in [4.69, 9.17) is 9.88 Å². The van der Waals surface area contributed by atoms with Crippen molar-refractivity contribution in [3.8, 4) is 5.75 Å². The first kappa shape index (κ1) is 15.4. The summed E-state index contributed by atoms with van der Waals surface area (Å²) in [4.78, 5) is 0. The van der Waals surface area contributed by atoms with E-state index in [0.29, 0.717) is 25.9 Å². The second kappa shape index (κ2) is 7.06. The zero-order valence-corrected chi connectivity index (χ0v) is 12.1. The fraction of sp³-hybridized carbons (Fsp3) is 0.455. The minimum Gasteiger partial charge on any atom is -0.490 e. The Morgan fingerprint density at radius 3 is 2.67 bits per heavy atom. The van der Waals surface area contributed by atoms with Gasteiger partial charge < -0.3 is 4.74 Å². The number of benzene rings is 1. The molecule has 0 radical (unpaired) electrons. The van der Waals surface area contributed by atoms with Gasteiger partial charge in [-0.3, -0.25) is 0 Å². The maximum atomic E-state index is 13.3. The molecule has 0 amide bonds. The first-order valence-corrected chi connectivity index (χ1v) is 7.97. The number of halogens is 2. The van der Waals surface area contributed by atoms with Gasteiger partial charge in [-0.2, -0.15) is 0 Å². The molecule has 0 atom stereocenters. The Hall–Kier alpha value is -0.660. The summed E-state index contributed by atoms with van der Waals surface area (Å²) in [7, 11) is -3.38. The molecule has 0 heterocycles. The van der Waals surface area contributed by atoms with Crippen molar-refractivity contribution in [3.05, 3.63) is 28.5 Å². The summed E-state index contributed by atoms with van der Waals surface area (Å²) in [6.45, 7) is 0.345. The average molecular weight is 340 g/mol. The molecule has 4 nitrogen and oxygen atoms in total. The van der Waals surface area contributed by atoms with E-state index >= 15 is 0 Å². The van der Waals surface area contributed by atoms with Crippen LogP contribution in [0, 0.1) is 5.82 Å². The van der Waals surface area contributed by atoms with Crippen LogP contribution < -0.4 is 9.88 Å². The predicted octanol–water partition coefficient (Wildman–Crippen LogP) is 2.43. The molecule has 102 valence electrons. The molecule has 1 rings (SSSR count). The van der Waals surface area contributed by atoms with Gasteiger partial charge in [-0.25, -0.2) is 17.9 Å². The largest absolute Gasteiger partial charge is 0.490 e. The van der Waals surface area contributed by atoms with Crippen LogP contribution in [-0.4, -0.2) is 20.8 Å². The van der Waals surface area contributed by atoms with Crippen molar-refractivity contribution in [3.63, 3.8) is 0 Å². The lowest BCUT2D eigenvalue weighted by atomic mass is 10.2. The van der Waals surface area contributed by atoms with Gasteiger partial charge in [0.15, 0.2) is 11.6 Å². The topological polar surface area (TPSA) is 69.4 Å². The third-order valence-corrected chi connectivity index (χ3v) is 3.57. The van der Waals surface area contributed by atoms with E-state index in [1.807, 2.05) is 0 Å². The molecule has 0 aliphatic rings. The lowest BCUT2D eigenvalue weighted by Crippen LogP contribution is -2.16. The molecular weight excluding hydrogens is 325 g/mol. The van der Waals surface area contributed by atoms with Crippen LogP contribution in [0.2, 0.25) is 0 Å². The van der Waals surface area contributed by atoms with E-state index in [0.717, 1.165) is 4.47 Å². The highest BCUT2D eigenvalue weighted by Gasteiger charge is 2.04. The van der Waals surface area contributed by atoms with Gasteiger partial charge in [0.05, 0.1) is 12.4 Å². The van der Waals surface area contributed by atoms with Crippen molar-refractivity contribution in [1.82, 2.24) is 0 Å². The van der Waals surface area contributed by atoms with Gasteiger partial charge >= 0.3 is 0 Å². The summed E-state index contributed by atoms with van der Waals surface area (Å²) < 4.78 is 40.6. The quantitative estimate of drug-likeness (QED) is 0.775. The number of rotatable bonds is 7. The smallest absolute Gasteiger partial charge is 0.209 e. The lowest BCUT2D eigenvalue weighted by Gasteiger charge is -2.07. The van der Waals surface area contributed by atoms with E-state index in [-0.39, 0.29) is 11.5 Å². The molecule has 0 bridgehead atoms. The highest BCUT2D eigenvalue weighted by molar-refractivity contribution is 9.10. The number of primary sulfonamides is 1. The number of nitrogens with two attached hydrogens (primary N) is 1. The van der Waals surface area contributed by atoms with Crippen molar-refractivity contribution in [2.45, 2.75) is 19.3 Å². The van der Waals surface area contributed by atoms with Crippen molar-refractivity contribution in [2.75, 3.05) is 12.4 Å². The van der Waals surface area contributed by atoms with E-state index in [1.165, 1.54) is 6.07 Å². The fourth-order valence-electron chi connectivity index (χ4n) is 1.35. The number of sulfonamides is 1. The maximum absolute atomic E-state index is 13.3. The highest BCUT2D eigenvalue weighted by Crippen LogP contribution is 2.22. The molecule has 18 heavy (non-hydrogen) atoms. The Labute approximate surface area is 115 Å². The average Bonchev–Trinajstić information content (AvgIpc) is 2.26. The summed E-state index contributed by atoms with van der Waals surface area (Å²) >= 11 is 3.22. The highest BCUT2D eigenvalue weighted by atomic mass is 79.9. The minimum atomic E-state index is -3.38. The first-order valence-electron chi connectivity index (χ1n) is 5.47. The van der Waals surface area contributed by atoms with E-state index < -0.39 is 15.8 Å². The molecule has 0 fully saturated rings. The molecule has 0 aliphatic carbocycles. The molecule has 0 aliphatic heterocycles. The number of hydrogen-bond acceptors (Lipinski definition) is 3. The fourth-order valence-corrected chi connectivity index (χ4v) is 2.30. The molecule has 0 aromatic heterocycles. The second-order valence-electron chi connectivity index (χ2n) is 3.85. The van der Waals surface area contributed by atoms with E-state index in [1.54, 1.807) is 12.1 Å². The van der Waals surface area contributed by atoms with E-state index in [9.17, 15) is 12.8 Å². The standard InChI is InChI=1S/C11H15BrFNO3S/c12-9-4-5-10(13)11(8-9)17-6-2-1-3-7-18(14,15)16/h4-5,8H,1-3,6-7H2,(H2,14,15,16). The molecule has 0 saturated heterocycles. The summed E-state index contributed by atoms with van der Waals surface area (Å²) in [5.41, 5.74) is 0. The Morgan fingerprint density at radius 1 is 1.28 bits per heavy atom. The SMILES string of the molecule is NS(=O)(=O)CCCCCOc1cc(Br)ccc1F. The molecule has 0 saturated carbocycles. The minimum absolute atomic E-state index is 0.0295. The molecular formula is C11H15BrFNO3S. The second-order valence-corrected chi connectivity index (χ2v) is 6.50. The molecule has 1 aromatic carbocycles. The Kier molecular flexibility index (Phi) is 6.04. The molecule has 1 aromatic rings. The van der Waals surface area contributed by atoms with Crippen LogP contribution in [0.5, 0.6) is 5.75 Å². The molecule has 2 N–H and O–H groups in total. The van der Waals surface area contributed by atoms with Crippen LogP contribution >= 0.6 is 15.9 Å². The van der Waals surface area contributed by atoms with Crippen molar-refractivity contribution in [2.24, 2.45) is 5.14 Å². The van der Waals surface area contributed by atoms with Crippen LogP contribution in [0.3, 0.4) is 0 Å². The number of unbranched alkanes of at least 4 members (excludes halogenated alkanes) is 2. The van der Waals surface area contributed by atoms with Gasteiger partial charge in [0.25, 0.3) is 0 Å². The van der Waals surface area contributed by atoms with E-state index in [2.05, 4.69) is 15.9 Å². The van der Waals surface area contributed by atoms with Crippen molar-refractivity contribution < 1.29 is 17.5 Å². The first-order chi connectivity index (χ1) is 8.38. The van der Waals surface area contributed by atoms with Crippen LogP contribution in [0.1, 0.15) is 19.3 Å². The Morgan fingerprint density at radius 2 is 2.00 bits per heavy atom. The third kappa shape index (κ3) is 6.32. The van der Waals surface area contributed by atoms with Crippen LogP contribution in [-0.2, 0) is 10.0 Å². The zero-order valence-electron chi connectivity index (χ0n) is 9.73. The lowest BCUT2D eigenvalue weighted by molar-refractivity contribution is 0.291.